The van der Waals surface area contributed by atoms with Gasteiger partial charge in [-0.15, -0.1) is 0 Å². The van der Waals surface area contributed by atoms with Gasteiger partial charge in [0.1, 0.15) is 6.04 Å². The average molecular weight is 326 g/mol. The van der Waals surface area contributed by atoms with Crippen LogP contribution in [0.5, 0.6) is 0 Å². The molecule has 1 aliphatic carbocycles. The van der Waals surface area contributed by atoms with Crippen molar-refractivity contribution in [2.24, 2.45) is 11.3 Å². The van der Waals surface area contributed by atoms with Gasteiger partial charge in [0.15, 0.2) is 0 Å². The van der Waals surface area contributed by atoms with Crippen LogP contribution in [-0.4, -0.2) is 55.7 Å². The van der Waals surface area contributed by atoms with Gasteiger partial charge in [-0.25, -0.2) is 4.79 Å². The Bertz CT molecular complexity index is 487. The molecule has 0 radical (unpaired) electrons. The number of alkyl carbamates (subject to hydrolysis) is 1. The minimum Gasteiger partial charge on any atom is -0.469 e. The molecule has 2 atom stereocenters. The van der Waals surface area contributed by atoms with Crippen LogP contribution in [0.25, 0.3) is 0 Å². The fourth-order valence-electron chi connectivity index (χ4n) is 3.30. The highest BCUT2D eigenvalue weighted by Crippen LogP contribution is 2.55. The van der Waals surface area contributed by atoms with Gasteiger partial charge in [0, 0.05) is 12.6 Å². The van der Waals surface area contributed by atoms with E-state index in [9.17, 15) is 14.4 Å². The van der Waals surface area contributed by atoms with Crippen LogP contribution in [0, 0.1) is 11.3 Å². The number of hydrogen-bond donors (Lipinski definition) is 1. The van der Waals surface area contributed by atoms with E-state index in [0.29, 0.717) is 6.54 Å². The molecule has 2 rings (SSSR count). The third-order valence-corrected chi connectivity index (χ3v) is 4.88. The van der Waals surface area contributed by atoms with E-state index in [1.54, 1.807) is 4.90 Å². The molecule has 7 nitrogen and oxygen atoms in total. The molecule has 1 saturated carbocycles. The summed E-state index contributed by atoms with van der Waals surface area (Å²) in [6.45, 7) is 4.40. The molecule has 2 unspecified atom stereocenters. The van der Waals surface area contributed by atoms with Crippen molar-refractivity contribution >= 4 is 18.0 Å². The Kier molecular flexibility index (Phi) is 5.16. The molecule has 23 heavy (non-hydrogen) atoms. The Morgan fingerprint density at radius 3 is 2.35 bits per heavy atom. The van der Waals surface area contributed by atoms with Gasteiger partial charge in [-0.2, -0.15) is 0 Å². The largest absolute Gasteiger partial charge is 0.469 e. The van der Waals surface area contributed by atoms with Crippen molar-refractivity contribution in [3.63, 3.8) is 0 Å². The summed E-state index contributed by atoms with van der Waals surface area (Å²) >= 11 is 0. The van der Waals surface area contributed by atoms with Crippen molar-refractivity contribution < 1.29 is 23.9 Å². The summed E-state index contributed by atoms with van der Waals surface area (Å²) in [4.78, 5) is 37.9. The first-order valence-electron chi connectivity index (χ1n) is 8.03. The molecule has 1 aliphatic heterocycles. The number of nitrogens with one attached hydrogen (secondary N) is 1. The normalized spacial score (nSPS) is 22.8. The van der Waals surface area contributed by atoms with Gasteiger partial charge in [-0.1, -0.05) is 13.8 Å². The number of methoxy groups -OCH3 is 2. The van der Waals surface area contributed by atoms with Gasteiger partial charge >= 0.3 is 12.1 Å². The van der Waals surface area contributed by atoms with Crippen molar-refractivity contribution in [2.75, 3.05) is 20.8 Å². The zero-order chi connectivity index (χ0) is 17.2. The maximum Gasteiger partial charge on any atom is 0.407 e. The molecule has 0 aromatic heterocycles. The Hall–Kier alpha value is -1.79. The van der Waals surface area contributed by atoms with Crippen LogP contribution in [0.4, 0.5) is 4.79 Å². The van der Waals surface area contributed by atoms with E-state index in [0.717, 1.165) is 19.3 Å². The first-order valence-corrected chi connectivity index (χ1v) is 8.03. The van der Waals surface area contributed by atoms with Crippen LogP contribution in [0.3, 0.4) is 0 Å². The maximum atomic E-state index is 12.9. The molecular formula is C16H26N2O5. The van der Waals surface area contributed by atoms with E-state index < -0.39 is 12.1 Å². The predicted molar refractivity (Wildman–Crippen MR) is 82.6 cm³/mol. The highest BCUT2D eigenvalue weighted by molar-refractivity contribution is 5.87. The lowest BCUT2D eigenvalue weighted by Gasteiger charge is -2.30. The van der Waals surface area contributed by atoms with Crippen LogP contribution < -0.4 is 5.32 Å². The predicted octanol–water partition coefficient (Wildman–Crippen LogP) is 1.31. The molecule has 1 heterocycles. The molecule has 0 aromatic carbocycles. The van der Waals surface area contributed by atoms with E-state index >= 15 is 0 Å². The number of nitrogens with zero attached hydrogens (tertiary/aromatic N) is 1. The van der Waals surface area contributed by atoms with Crippen molar-refractivity contribution in [1.29, 1.82) is 0 Å². The van der Waals surface area contributed by atoms with E-state index in [2.05, 4.69) is 10.1 Å². The van der Waals surface area contributed by atoms with Gasteiger partial charge in [0.25, 0.3) is 0 Å². The number of hydrogen-bond acceptors (Lipinski definition) is 5. The van der Waals surface area contributed by atoms with Gasteiger partial charge in [-0.3, -0.25) is 9.59 Å². The summed E-state index contributed by atoms with van der Waals surface area (Å²) in [5, 5.41) is 2.61. The molecule has 1 spiro atoms. The van der Waals surface area contributed by atoms with Gasteiger partial charge in [0.2, 0.25) is 5.91 Å². The monoisotopic (exact) mass is 326 g/mol. The summed E-state index contributed by atoms with van der Waals surface area (Å²) < 4.78 is 9.36. The minimum atomic E-state index is -0.656. The number of amides is 2. The second-order valence-corrected chi connectivity index (χ2v) is 6.96. The van der Waals surface area contributed by atoms with Gasteiger partial charge in [-0.05, 0) is 30.6 Å². The number of likely N-dealkylation sites (tertiary alicyclic amines) is 1. The van der Waals surface area contributed by atoms with E-state index in [-0.39, 0.29) is 35.7 Å². The second-order valence-electron chi connectivity index (χ2n) is 6.96. The first kappa shape index (κ1) is 17.6. The molecule has 2 aliphatic rings. The lowest BCUT2D eigenvalue weighted by Crippen LogP contribution is -2.52. The summed E-state index contributed by atoms with van der Waals surface area (Å²) in [5.41, 5.74) is 0.168. The molecule has 7 heteroatoms. The summed E-state index contributed by atoms with van der Waals surface area (Å²) in [6.07, 6.45) is 2.59. The number of carbonyl (C=O) groups excluding carboxylic acids is 3. The van der Waals surface area contributed by atoms with Crippen LogP contribution in [0.15, 0.2) is 0 Å². The molecule has 0 aromatic rings. The first-order chi connectivity index (χ1) is 10.8. The molecule has 130 valence electrons. The molecule has 1 saturated heterocycles. The lowest BCUT2D eigenvalue weighted by molar-refractivity contribution is -0.143. The maximum absolute atomic E-state index is 12.9. The van der Waals surface area contributed by atoms with E-state index in [1.807, 2.05) is 13.8 Å². The molecule has 0 bridgehead atoms. The van der Waals surface area contributed by atoms with Crippen LogP contribution >= 0.6 is 0 Å². The van der Waals surface area contributed by atoms with Crippen LogP contribution in [-0.2, 0) is 19.1 Å². The summed E-state index contributed by atoms with van der Waals surface area (Å²) in [5.74, 6) is -0.535. The Balaban J connectivity index is 2.12. The van der Waals surface area contributed by atoms with Crippen molar-refractivity contribution in [1.82, 2.24) is 10.2 Å². The summed E-state index contributed by atoms with van der Waals surface area (Å²) in [6, 6.07) is -0.811. The highest BCUT2D eigenvalue weighted by Gasteiger charge is 2.54. The lowest BCUT2D eigenvalue weighted by atomic mass is 10.0. The molecule has 2 fully saturated rings. The Labute approximate surface area is 136 Å². The Morgan fingerprint density at radius 1 is 1.22 bits per heavy atom. The van der Waals surface area contributed by atoms with Crippen molar-refractivity contribution in [3.05, 3.63) is 0 Å². The zero-order valence-electron chi connectivity index (χ0n) is 14.3. The third kappa shape index (κ3) is 3.95. The standard InChI is InChI=1S/C16H26N2O5/c1-10(2)13(17-15(21)23-4)14(20)18-9-16(5-6-16)8-11(18)7-12(19)22-3/h10-11,13H,5-9H2,1-4H3,(H,17,21). The van der Waals surface area contributed by atoms with E-state index in [1.165, 1.54) is 14.2 Å². The Morgan fingerprint density at radius 2 is 1.87 bits per heavy atom. The topological polar surface area (TPSA) is 84.9 Å². The van der Waals surface area contributed by atoms with Crippen LogP contribution in [0.2, 0.25) is 0 Å². The fourth-order valence-corrected chi connectivity index (χ4v) is 3.30. The van der Waals surface area contributed by atoms with Gasteiger partial charge in [0.05, 0.1) is 20.6 Å². The minimum absolute atomic E-state index is 0.0730. The number of rotatable bonds is 5. The molecule has 2 amide bonds. The number of carbonyl (C=O) groups is 3. The molecule has 1 N–H and O–H groups in total. The number of esters is 1. The number of ether oxygens (including phenoxy) is 2. The molecular weight excluding hydrogens is 300 g/mol. The highest BCUT2D eigenvalue weighted by atomic mass is 16.5. The smallest absolute Gasteiger partial charge is 0.407 e. The van der Waals surface area contributed by atoms with E-state index in [4.69, 9.17) is 4.74 Å². The second kappa shape index (κ2) is 6.76. The van der Waals surface area contributed by atoms with Crippen LogP contribution in [0.1, 0.15) is 39.5 Å². The van der Waals surface area contributed by atoms with Crippen molar-refractivity contribution in [2.45, 2.75) is 51.6 Å². The third-order valence-electron chi connectivity index (χ3n) is 4.88. The van der Waals surface area contributed by atoms with Gasteiger partial charge < -0.3 is 19.7 Å². The van der Waals surface area contributed by atoms with Crippen molar-refractivity contribution in [3.8, 4) is 0 Å². The zero-order valence-corrected chi connectivity index (χ0v) is 14.3. The quantitative estimate of drug-likeness (QED) is 0.770. The SMILES string of the molecule is COC(=O)CC1CC2(CC2)CN1C(=O)C(NC(=O)OC)C(C)C. The summed E-state index contributed by atoms with van der Waals surface area (Å²) in [7, 11) is 2.62. The fraction of sp³-hybridized carbons (Fsp3) is 0.812. The average Bonchev–Trinajstić information content (AvgIpc) is 3.17.